The third-order valence-corrected chi connectivity index (χ3v) is 6.84. The predicted molar refractivity (Wildman–Crippen MR) is 114 cm³/mol. The van der Waals surface area contributed by atoms with E-state index < -0.39 is 22.8 Å². The van der Waals surface area contributed by atoms with Gasteiger partial charge in [-0.15, -0.1) is 0 Å². The van der Waals surface area contributed by atoms with E-state index in [1.807, 2.05) is 20.8 Å². The first-order valence-corrected chi connectivity index (χ1v) is 10.2. The fraction of sp³-hybridized carbons (Fsp3) is 0.565. The van der Waals surface area contributed by atoms with Gasteiger partial charge in [0.1, 0.15) is 11.8 Å². The molecule has 1 fully saturated rings. The van der Waals surface area contributed by atoms with E-state index in [0.29, 0.717) is 18.5 Å². The van der Waals surface area contributed by atoms with Gasteiger partial charge < -0.3 is 15.4 Å². The molecule has 1 aliphatic carbocycles. The van der Waals surface area contributed by atoms with Gasteiger partial charge in [-0.05, 0) is 42.9 Å². The van der Waals surface area contributed by atoms with Crippen LogP contribution in [-0.2, 0) is 30.3 Å². The highest BCUT2D eigenvalue weighted by atomic mass is 16.5. The van der Waals surface area contributed by atoms with Crippen molar-refractivity contribution in [2.75, 3.05) is 12.4 Å². The highest BCUT2D eigenvalue weighted by molar-refractivity contribution is 5.90. The van der Waals surface area contributed by atoms with Gasteiger partial charge in [-0.3, -0.25) is 14.4 Å². The molecule has 2 amide bonds. The third-order valence-electron chi connectivity index (χ3n) is 6.84. The molecule has 7 nitrogen and oxygen atoms in total. The van der Waals surface area contributed by atoms with Crippen LogP contribution in [0.2, 0.25) is 0 Å². The lowest BCUT2D eigenvalue weighted by Crippen LogP contribution is -2.49. The minimum Gasteiger partial charge on any atom is -0.467 e. The first kappa shape index (κ1) is 23.6. The summed E-state index contributed by atoms with van der Waals surface area (Å²) in [7, 11) is 1.29. The molecule has 0 spiro atoms. The van der Waals surface area contributed by atoms with Gasteiger partial charge in [-0.2, -0.15) is 0 Å². The van der Waals surface area contributed by atoms with Crippen LogP contribution in [0, 0.1) is 16.7 Å². The van der Waals surface area contributed by atoms with Crippen LogP contribution < -0.4 is 10.6 Å². The molecule has 164 valence electrons. The van der Waals surface area contributed by atoms with Gasteiger partial charge in [-0.25, -0.2) is 4.79 Å². The second-order valence-corrected chi connectivity index (χ2v) is 8.87. The minimum absolute atomic E-state index is 0.0755. The highest BCUT2D eigenvalue weighted by Gasteiger charge is 2.56. The van der Waals surface area contributed by atoms with Crippen LogP contribution in [0.4, 0.5) is 5.69 Å². The quantitative estimate of drug-likeness (QED) is 0.666. The number of anilines is 1. The number of rotatable bonds is 7. The van der Waals surface area contributed by atoms with E-state index >= 15 is 0 Å². The van der Waals surface area contributed by atoms with Gasteiger partial charge in [0.05, 0.1) is 7.11 Å². The fourth-order valence-electron chi connectivity index (χ4n) is 4.36. The van der Waals surface area contributed by atoms with Crippen molar-refractivity contribution >= 4 is 29.3 Å². The number of benzene rings is 1. The van der Waals surface area contributed by atoms with Crippen molar-refractivity contribution in [1.29, 1.82) is 0 Å². The second kappa shape index (κ2) is 8.98. The number of hydrogen-bond acceptors (Lipinski definition) is 5. The molecule has 2 rings (SSSR count). The smallest absolute Gasteiger partial charge is 0.328 e. The Hall–Kier alpha value is -2.70. The summed E-state index contributed by atoms with van der Waals surface area (Å²) in [6, 6.07) is 6.23. The van der Waals surface area contributed by atoms with Crippen molar-refractivity contribution in [2.24, 2.45) is 16.7 Å². The maximum absolute atomic E-state index is 13.1. The summed E-state index contributed by atoms with van der Waals surface area (Å²) in [4.78, 5) is 48.8. The monoisotopic (exact) mass is 416 g/mol. The van der Waals surface area contributed by atoms with E-state index in [-0.39, 0.29) is 29.9 Å². The molecular formula is C23H32N2O5. The molecule has 0 heterocycles. The Morgan fingerprint density at radius 3 is 2.17 bits per heavy atom. The molecule has 1 saturated carbocycles. The van der Waals surface area contributed by atoms with E-state index in [9.17, 15) is 19.2 Å². The van der Waals surface area contributed by atoms with Crippen LogP contribution in [0.5, 0.6) is 0 Å². The number of hydrogen-bond donors (Lipinski definition) is 2. The van der Waals surface area contributed by atoms with Gasteiger partial charge >= 0.3 is 5.97 Å². The maximum atomic E-state index is 13.1. The van der Waals surface area contributed by atoms with Crippen molar-refractivity contribution in [3.05, 3.63) is 29.8 Å². The van der Waals surface area contributed by atoms with E-state index in [1.165, 1.54) is 14.0 Å². The largest absolute Gasteiger partial charge is 0.467 e. The summed E-state index contributed by atoms with van der Waals surface area (Å²) in [5.41, 5.74) is 0.374. The summed E-state index contributed by atoms with van der Waals surface area (Å²) in [6.07, 6.45) is 1.49. The third kappa shape index (κ3) is 4.71. The van der Waals surface area contributed by atoms with Crippen molar-refractivity contribution < 1.29 is 23.9 Å². The van der Waals surface area contributed by atoms with Crippen LogP contribution in [-0.4, -0.2) is 36.7 Å². The Balaban J connectivity index is 2.15. The molecule has 30 heavy (non-hydrogen) atoms. The van der Waals surface area contributed by atoms with Gasteiger partial charge in [0.2, 0.25) is 11.8 Å². The summed E-state index contributed by atoms with van der Waals surface area (Å²) in [6.45, 7) is 8.80. The van der Waals surface area contributed by atoms with Crippen molar-refractivity contribution in [2.45, 2.75) is 59.9 Å². The zero-order valence-corrected chi connectivity index (χ0v) is 18.6. The number of esters is 1. The van der Waals surface area contributed by atoms with Gasteiger partial charge in [0.15, 0.2) is 0 Å². The average Bonchev–Trinajstić information content (AvgIpc) is 2.92. The van der Waals surface area contributed by atoms with Crippen LogP contribution in [0.15, 0.2) is 24.3 Å². The highest BCUT2D eigenvalue weighted by Crippen LogP contribution is 2.56. The Bertz CT molecular complexity index is 831. The topological polar surface area (TPSA) is 102 Å². The molecule has 0 aliphatic heterocycles. The number of ketones is 1. The molecule has 1 aromatic carbocycles. The first-order chi connectivity index (χ1) is 13.9. The number of carbonyl (C=O) groups is 4. The molecule has 0 aromatic heterocycles. The van der Waals surface area contributed by atoms with Crippen LogP contribution >= 0.6 is 0 Å². The average molecular weight is 417 g/mol. The molecule has 2 N–H and O–H groups in total. The molecular weight excluding hydrogens is 384 g/mol. The van der Waals surface area contributed by atoms with E-state index in [1.54, 1.807) is 31.2 Å². The van der Waals surface area contributed by atoms with Crippen molar-refractivity contribution in [3.63, 3.8) is 0 Å². The molecule has 0 unspecified atom stereocenters. The van der Waals surface area contributed by atoms with E-state index in [2.05, 4.69) is 10.6 Å². The van der Waals surface area contributed by atoms with E-state index in [0.717, 1.165) is 5.56 Å². The Morgan fingerprint density at radius 2 is 1.70 bits per heavy atom. The van der Waals surface area contributed by atoms with Crippen molar-refractivity contribution in [1.82, 2.24) is 5.32 Å². The molecule has 7 heteroatoms. The second-order valence-electron chi connectivity index (χ2n) is 8.87. The van der Waals surface area contributed by atoms with E-state index in [4.69, 9.17) is 4.74 Å². The first-order valence-electron chi connectivity index (χ1n) is 10.2. The number of ether oxygens (including phenoxy) is 1. The minimum atomic E-state index is -0.839. The lowest BCUT2D eigenvalue weighted by atomic mass is 9.63. The van der Waals surface area contributed by atoms with Crippen LogP contribution in [0.25, 0.3) is 0 Å². The molecule has 0 radical (unpaired) electrons. The van der Waals surface area contributed by atoms with Gasteiger partial charge in [-0.1, -0.05) is 32.9 Å². The fourth-order valence-corrected chi connectivity index (χ4v) is 4.36. The number of methoxy groups -OCH3 is 1. The van der Waals surface area contributed by atoms with Gasteiger partial charge in [0.25, 0.3) is 0 Å². The number of carbonyl (C=O) groups excluding carboxylic acids is 4. The van der Waals surface area contributed by atoms with Crippen LogP contribution in [0.3, 0.4) is 0 Å². The summed E-state index contributed by atoms with van der Waals surface area (Å²) in [5, 5.41) is 5.53. The number of Topliss-reactive ketones (excluding diaryl/α,β-unsaturated/α-hetero) is 1. The molecule has 0 bridgehead atoms. The lowest BCUT2D eigenvalue weighted by Gasteiger charge is -2.39. The van der Waals surface area contributed by atoms with Gasteiger partial charge in [0, 0.05) is 30.4 Å². The zero-order valence-electron chi connectivity index (χ0n) is 18.6. The molecule has 3 atom stereocenters. The standard InChI is InChI=1S/C23H32N2O5/c1-14(26)23(5)12-11-18(22(23,3)4)20(28)25-19(21(29)30-6)13-16-7-9-17(10-8-16)24-15(2)27/h7-10,18-19H,11-13H2,1-6H3,(H,24,27)(H,25,28)/t18-,19+,23+/m1/s1. The summed E-state index contributed by atoms with van der Waals surface area (Å²) < 4.78 is 4.89. The Labute approximate surface area is 177 Å². The summed E-state index contributed by atoms with van der Waals surface area (Å²) >= 11 is 0. The zero-order chi connectivity index (χ0) is 22.7. The molecule has 0 saturated heterocycles. The predicted octanol–water partition coefficient (Wildman–Crippen LogP) is 2.88. The lowest BCUT2D eigenvalue weighted by molar-refractivity contribution is -0.146. The SMILES string of the molecule is COC(=O)[C@H](Cc1ccc(NC(C)=O)cc1)NC(=O)[C@H]1CC[C@@](C)(C(C)=O)C1(C)C. The normalized spacial score (nSPS) is 23.3. The Kier molecular flexibility index (Phi) is 7.06. The molecule has 1 aromatic rings. The number of nitrogens with one attached hydrogen (secondary N) is 2. The van der Waals surface area contributed by atoms with Crippen LogP contribution in [0.1, 0.15) is 53.0 Å². The number of amides is 2. The maximum Gasteiger partial charge on any atom is 0.328 e. The molecule has 1 aliphatic rings. The summed E-state index contributed by atoms with van der Waals surface area (Å²) in [5.74, 6) is -1.24. The van der Waals surface area contributed by atoms with Crippen molar-refractivity contribution in [3.8, 4) is 0 Å². The Morgan fingerprint density at radius 1 is 1.10 bits per heavy atom.